The molecule has 0 spiro atoms. The van der Waals surface area contributed by atoms with Crippen LogP contribution >= 0.6 is 0 Å². The highest BCUT2D eigenvalue weighted by atomic mass is 16.3. The molecule has 0 aliphatic carbocycles. The van der Waals surface area contributed by atoms with Gasteiger partial charge in [-0.1, -0.05) is 0 Å². The van der Waals surface area contributed by atoms with Gasteiger partial charge in [0.05, 0.1) is 11.9 Å². The van der Waals surface area contributed by atoms with Crippen molar-refractivity contribution in [3.05, 3.63) is 35.9 Å². The van der Waals surface area contributed by atoms with E-state index in [4.69, 9.17) is 5.11 Å². The molecule has 0 aromatic heterocycles. The van der Waals surface area contributed by atoms with Crippen LogP contribution in [0.25, 0.3) is 5.70 Å². The lowest BCUT2D eigenvalue weighted by molar-refractivity contribution is 0.475. The van der Waals surface area contributed by atoms with E-state index in [1.54, 1.807) is 30.5 Å². The fraction of sp³-hybridized carbons (Fsp3) is 0. The van der Waals surface area contributed by atoms with Crippen LogP contribution in [-0.2, 0) is 0 Å². The third kappa shape index (κ3) is 1.16. The van der Waals surface area contributed by atoms with Crippen molar-refractivity contribution in [2.45, 2.75) is 0 Å². The number of phenols is 1. The van der Waals surface area contributed by atoms with Crippen molar-refractivity contribution in [2.24, 2.45) is 5.10 Å². The van der Waals surface area contributed by atoms with Crippen LogP contribution in [0, 0.1) is 0 Å². The number of hydrogen-bond acceptors (Lipinski definition) is 2. The molecular formula is C9H7N2O. The van der Waals surface area contributed by atoms with Crippen molar-refractivity contribution < 1.29 is 5.11 Å². The molecule has 12 heavy (non-hydrogen) atoms. The van der Waals surface area contributed by atoms with Crippen molar-refractivity contribution in [1.82, 2.24) is 5.43 Å². The van der Waals surface area contributed by atoms with Crippen LogP contribution in [0.2, 0.25) is 0 Å². The predicted octanol–water partition coefficient (Wildman–Crippen LogP) is 1.34. The molecule has 1 heterocycles. The van der Waals surface area contributed by atoms with Crippen molar-refractivity contribution in [3.8, 4) is 5.75 Å². The lowest BCUT2D eigenvalue weighted by Gasteiger charge is -1.98. The number of benzene rings is 1. The van der Waals surface area contributed by atoms with Crippen molar-refractivity contribution in [3.63, 3.8) is 0 Å². The number of nitrogens with zero attached hydrogens (tertiary/aromatic N) is 2. The van der Waals surface area contributed by atoms with E-state index in [1.165, 1.54) is 0 Å². The molecule has 1 aromatic rings. The largest absolute Gasteiger partial charge is 0.508 e. The predicted molar refractivity (Wildman–Crippen MR) is 46.7 cm³/mol. The van der Waals surface area contributed by atoms with Gasteiger partial charge in [-0.15, -0.1) is 0 Å². The highest BCUT2D eigenvalue weighted by molar-refractivity contribution is 5.87. The molecule has 0 fully saturated rings. The Labute approximate surface area is 70.0 Å². The Hall–Kier alpha value is -1.77. The van der Waals surface area contributed by atoms with Gasteiger partial charge in [-0.05, 0) is 30.3 Å². The second-order valence-electron chi connectivity index (χ2n) is 2.46. The van der Waals surface area contributed by atoms with E-state index in [0.717, 1.165) is 11.3 Å². The number of aromatic hydroxyl groups is 1. The molecule has 0 unspecified atom stereocenters. The Morgan fingerprint density at radius 3 is 2.42 bits per heavy atom. The molecule has 1 aliphatic heterocycles. The highest BCUT2D eigenvalue weighted by Gasteiger charge is 2.04. The summed E-state index contributed by atoms with van der Waals surface area (Å²) < 4.78 is 0. The average Bonchev–Trinajstić information content (AvgIpc) is 2.58. The van der Waals surface area contributed by atoms with E-state index in [1.807, 2.05) is 6.08 Å². The average molecular weight is 159 g/mol. The Balaban J connectivity index is 2.30. The molecule has 1 aromatic carbocycles. The van der Waals surface area contributed by atoms with E-state index in [2.05, 4.69) is 10.5 Å². The summed E-state index contributed by atoms with van der Waals surface area (Å²) in [6.07, 6.45) is 3.47. The van der Waals surface area contributed by atoms with E-state index < -0.39 is 0 Å². The molecule has 1 N–H and O–H groups in total. The van der Waals surface area contributed by atoms with Gasteiger partial charge in [-0.25, -0.2) is 0 Å². The monoisotopic (exact) mass is 159 g/mol. The maximum atomic E-state index is 9.02. The Morgan fingerprint density at radius 1 is 1.08 bits per heavy atom. The van der Waals surface area contributed by atoms with Crippen LogP contribution < -0.4 is 5.43 Å². The van der Waals surface area contributed by atoms with E-state index >= 15 is 0 Å². The van der Waals surface area contributed by atoms with Crippen LogP contribution in [0.3, 0.4) is 0 Å². The first-order valence-electron chi connectivity index (χ1n) is 3.60. The summed E-state index contributed by atoms with van der Waals surface area (Å²) in [5.41, 5.74) is 5.68. The van der Waals surface area contributed by atoms with Crippen LogP contribution in [0.5, 0.6) is 5.75 Å². The number of phenolic OH excluding ortho intramolecular Hbond substituents is 1. The molecule has 59 valence electrons. The fourth-order valence-corrected chi connectivity index (χ4v) is 1.02. The van der Waals surface area contributed by atoms with E-state index in [9.17, 15) is 0 Å². The fourth-order valence-electron chi connectivity index (χ4n) is 1.02. The summed E-state index contributed by atoms with van der Waals surface area (Å²) in [5, 5.41) is 12.7. The van der Waals surface area contributed by atoms with Gasteiger partial charge in [0, 0.05) is 5.56 Å². The molecule has 0 amide bonds. The zero-order chi connectivity index (χ0) is 8.39. The molecule has 0 bridgehead atoms. The first-order chi connectivity index (χ1) is 5.86. The maximum absolute atomic E-state index is 9.02. The van der Waals surface area contributed by atoms with Crippen LogP contribution in [0.1, 0.15) is 5.56 Å². The molecule has 1 radical (unpaired) electrons. The van der Waals surface area contributed by atoms with Gasteiger partial charge in [-0.3, -0.25) is 0 Å². The van der Waals surface area contributed by atoms with Crippen molar-refractivity contribution >= 4 is 11.9 Å². The topological polar surface area (TPSA) is 46.7 Å². The zero-order valence-electron chi connectivity index (χ0n) is 6.31. The van der Waals surface area contributed by atoms with Gasteiger partial charge in [-0.2, -0.15) is 10.5 Å². The second-order valence-corrected chi connectivity index (χ2v) is 2.46. The Bertz CT molecular complexity index is 338. The minimum atomic E-state index is 0.262. The first kappa shape index (κ1) is 6.91. The number of hydrogen-bond donors (Lipinski definition) is 1. The molecule has 0 saturated heterocycles. The van der Waals surface area contributed by atoms with Gasteiger partial charge in [0.1, 0.15) is 5.75 Å². The maximum Gasteiger partial charge on any atom is 0.115 e. The first-order valence-corrected chi connectivity index (χ1v) is 3.60. The second kappa shape index (κ2) is 2.70. The van der Waals surface area contributed by atoms with Gasteiger partial charge in [0.2, 0.25) is 0 Å². The van der Waals surface area contributed by atoms with Crippen LogP contribution in [0.15, 0.2) is 35.4 Å². The standard InChI is InChI=1S/C9H7N2O/c12-8-3-1-7(2-4-8)9-5-6-10-11-9/h1-6,12H. The quantitative estimate of drug-likeness (QED) is 0.660. The lowest BCUT2D eigenvalue weighted by atomic mass is 10.1. The zero-order valence-corrected chi connectivity index (χ0v) is 6.31. The normalized spacial score (nSPS) is 14.2. The molecule has 3 heteroatoms. The highest BCUT2D eigenvalue weighted by Crippen LogP contribution is 2.17. The minimum Gasteiger partial charge on any atom is -0.508 e. The SMILES string of the molecule is Oc1ccc(C2=CC=N[N]2)cc1. The van der Waals surface area contributed by atoms with E-state index in [0.29, 0.717) is 0 Å². The molecule has 2 rings (SSSR count). The molecule has 1 aliphatic rings. The van der Waals surface area contributed by atoms with E-state index in [-0.39, 0.29) is 5.75 Å². The smallest absolute Gasteiger partial charge is 0.115 e. The molecular weight excluding hydrogens is 152 g/mol. The van der Waals surface area contributed by atoms with Gasteiger partial charge in [0.15, 0.2) is 0 Å². The third-order valence-corrected chi connectivity index (χ3v) is 1.63. The molecule has 0 saturated carbocycles. The lowest BCUT2D eigenvalue weighted by Crippen LogP contribution is -1.90. The minimum absolute atomic E-state index is 0.262. The summed E-state index contributed by atoms with van der Waals surface area (Å²) in [5.74, 6) is 0.262. The Kier molecular flexibility index (Phi) is 1.55. The Morgan fingerprint density at radius 2 is 1.83 bits per heavy atom. The summed E-state index contributed by atoms with van der Waals surface area (Å²) in [6.45, 7) is 0. The van der Waals surface area contributed by atoms with Gasteiger partial charge >= 0.3 is 0 Å². The van der Waals surface area contributed by atoms with Gasteiger partial charge in [0.25, 0.3) is 0 Å². The van der Waals surface area contributed by atoms with Crippen molar-refractivity contribution in [1.29, 1.82) is 0 Å². The van der Waals surface area contributed by atoms with Crippen molar-refractivity contribution in [2.75, 3.05) is 0 Å². The van der Waals surface area contributed by atoms with Crippen LogP contribution in [0.4, 0.5) is 0 Å². The molecule has 0 atom stereocenters. The number of rotatable bonds is 1. The summed E-state index contributed by atoms with van der Waals surface area (Å²) in [7, 11) is 0. The summed E-state index contributed by atoms with van der Waals surface area (Å²) in [6, 6.07) is 6.87. The molecule has 3 nitrogen and oxygen atoms in total. The number of allylic oxidation sites excluding steroid dienone is 1. The van der Waals surface area contributed by atoms with Crippen LogP contribution in [-0.4, -0.2) is 11.3 Å². The van der Waals surface area contributed by atoms with Gasteiger partial charge < -0.3 is 5.11 Å². The third-order valence-electron chi connectivity index (χ3n) is 1.63. The summed E-state index contributed by atoms with van der Waals surface area (Å²) >= 11 is 0. The summed E-state index contributed by atoms with van der Waals surface area (Å²) in [4.78, 5) is 0.